The molecule has 1 nitrogen and oxygen atoms in total. The molecule has 0 spiro atoms. The van der Waals surface area contributed by atoms with Crippen LogP contribution in [0.15, 0.2) is 18.2 Å². The van der Waals surface area contributed by atoms with Gasteiger partial charge in [0.15, 0.2) is 17.6 Å². The van der Waals surface area contributed by atoms with Crippen molar-refractivity contribution in [3.8, 4) is 0 Å². The molecule has 1 N–H and O–H groups in total. The summed E-state index contributed by atoms with van der Waals surface area (Å²) in [6, 6.07) is 0.110. The van der Waals surface area contributed by atoms with Gasteiger partial charge in [-0.1, -0.05) is 6.07 Å². The fourth-order valence-electron chi connectivity index (χ4n) is 1.95. The Morgan fingerprint density at radius 2 is 1.48 bits per heavy atom. The van der Waals surface area contributed by atoms with Crippen molar-refractivity contribution in [2.75, 3.05) is 7.05 Å². The Kier molecular flexibility index (Phi) is 5.19. The summed E-state index contributed by atoms with van der Waals surface area (Å²) in [5.41, 5.74) is -0.174. The van der Waals surface area contributed by atoms with E-state index in [2.05, 4.69) is 0 Å². The highest BCUT2D eigenvalue weighted by atomic mass is 19.4. The summed E-state index contributed by atoms with van der Waals surface area (Å²) < 4.78 is 101. The molecule has 1 unspecified atom stereocenters. The Labute approximate surface area is 114 Å². The van der Waals surface area contributed by atoms with Crippen LogP contribution < -0.4 is 5.32 Å². The molecule has 120 valence electrons. The average Bonchev–Trinajstić information content (AvgIpc) is 2.29. The van der Waals surface area contributed by atoms with E-state index in [1.165, 1.54) is 0 Å². The van der Waals surface area contributed by atoms with Gasteiger partial charge in [-0.15, -0.1) is 0 Å². The van der Waals surface area contributed by atoms with Gasteiger partial charge >= 0.3 is 12.4 Å². The standard InChI is InChI=1S/C12H11F8N/c1-21-9(10(11(15,16)17)12(18,19)20)5-6-2-3-7(13)8(14)4-6/h2-4,9-10,21H,5H2,1H3. The lowest BCUT2D eigenvalue weighted by Gasteiger charge is -2.30. The van der Waals surface area contributed by atoms with Crippen LogP contribution in [-0.2, 0) is 6.42 Å². The first-order valence-electron chi connectivity index (χ1n) is 5.71. The van der Waals surface area contributed by atoms with Crippen LogP contribution in [0.1, 0.15) is 5.56 Å². The Hall–Kier alpha value is -1.38. The van der Waals surface area contributed by atoms with E-state index in [1.807, 2.05) is 5.32 Å². The minimum atomic E-state index is -5.51. The lowest BCUT2D eigenvalue weighted by atomic mass is 9.92. The third-order valence-corrected chi connectivity index (χ3v) is 2.92. The first kappa shape index (κ1) is 17.7. The van der Waals surface area contributed by atoms with Crippen LogP contribution >= 0.6 is 0 Å². The maximum absolute atomic E-state index is 13.0. The monoisotopic (exact) mass is 321 g/mol. The first-order chi connectivity index (χ1) is 9.46. The molecule has 0 bridgehead atoms. The van der Waals surface area contributed by atoms with Crippen LogP contribution in [0.3, 0.4) is 0 Å². The molecule has 0 aliphatic heterocycles. The fourth-order valence-corrected chi connectivity index (χ4v) is 1.95. The third kappa shape index (κ3) is 4.55. The summed E-state index contributed by atoms with van der Waals surface area (Å²) in [7, 11) is 0.940. The quantitative estimate of drug-likeness (QED) is 0.831. The van der Waals surface area contributed by atoms with E-state index < -0.39 is 42.4 Å². The van der Waals surface area contributed by atoms with Gasteiger partial charge in [0.1, 0.15) is 0 Å². The van der Waals surface area contributed by atoms with E-state index in [9.17, 15) is 35.1 Å². The van der Waals surface area contributed by atoms with E-state index in [4.69, 9.17) is 0 Å². The summed E-state index contributed by atoms with van der Waals surface area (Å²) in [6.07, 6.45) is -11.8. The maximum atomic E-state index is 13.0. The molecule has 0 fully saturated rings. The number of hydrogen-bond acceptors (Lipinski definition) is 1. The predicted molar refractivity (Wildman–Crippen MR) is 58.5 cm³/mol. The van der Waals surface area contributed by atoms with Crippen molar-refractivity contribution in [3.63, 3.8) is 0 Å². The lowest BCUT2D eigenvalue weighted by Crippen LogP contribution is -2.51. The van der Waals surface area contributed by atoms with Gasteiger partial charge in [0.25, 0.3) is 0 Å². The van der Waals surface area contributed by atoms with Crippen molar-refractivity contribution in [2.24, 2.45) is 5.92 Å². The van der Waals surface area contributed by atoms with Crippen LogP contribution in [0.4, 0.5) is 35.1 Å². The van der Waals surface area contributed by atoms with Crippen molar-refractivity contribution in [2.45, 2.75) is 24.8 Å². The van der Waals surface area contributed by atoms with Crippen molar-refractivity contribution < 1.29 is 35.1 Å². The average molecular weight is 321 g/mol. The Morgan fingerprint density at radius 1 is 0.952 bits per heavy atom. The molecule has 0 amide bonds. The summed E-state index contributed by atoms with van der Waals surface area (Å²) in [5, 5.41) is 1.94. The molecular weight excluding hydrogens is 310 g/mol. The second kappa shape index (κ2) is 6.17. The molecule has 1 aromatic rings. The smallest absolute Gasteiger partial charge is 0.316 e. The first-order valence-corrected chi connectivity index (χ1v) is 5.71. The molecule has 21 heavy (non-hydrogen) atoms. The number of alkyl halides is 6. The van der Waals surface area contributed by atoms with E-state index >= 15 is 0 Å². The second-order valence-corrected chi connectivity index (χ2v) is 4.41. The van der Waals surface area contributed by atoms with Gasteiger partial charge < -0.3 is 5.32 Å². The topological polar surface area (TPSA) is 12.0 Å². The van der Waals surface area contributed by atoms with Crippen molar-refractivity contribution in [1.82, 2.24) is 5.32 Å². The third-order valence-electron chi connectivity index (χ3n) is 2.92. The zero-order chi connectivity index (χ0) is 16.4. The summed E-state index contributed by atoms with van der Waals surface area (Å²) >= 11 is 0. The molecule has 9 heteroatoms. The Morgan fingerprint density at radius 3 is 1.86 bits per heavy atom. The molecule has 0 aromatic heterocycles. The molecule has 0 saturated carbocycles. The Balaban J connectivity index is 3.07. The van der Waals surface area contributed by atoms with E-state index in [1.54, 1.807) is 0 Å². The fraction of sp³-hybridized carbons (Fsp3) is 0.500. The number of hydrogen-bond donors (Lipinski definition) is 1. The highest BCUT2D eigenvalue weighted by Crippen LogP contribution is 2.42. The van der Waals surface area contributed by atoms with Crippen molar-refractivity contribution >= 4 is 0 Å². The normalized spacial score (nSPS) is 14.6. The minimum absolute atomic E-state index is 0.174. The molecular formula is C12H11F8N. The Bertz CT molecular complexity index is 465. The van der Waals surface area contributed by atoms with Gasteiger partial charge in [-0.2, -0.15) is 26.3 Å². The van der Waals surface area contributed by atoms with Crippen molar-refractivity contribution in [1.29, 1.82) is 0 Å². The molecule has 0 aliphatic rings. The summed E-state index contributed by atoms with van der Waals surface area (Å²) in [6.45, 7) is 0. The van der Waals surface area contributed by atoms with Crippen LogP contribution in [0, 0.1) is 17.6 Å². The molecule has 0 radical (unpaired) electrons. The van der Waals surface area contributed by atoms with Crippen LogP contribution in [0.5, 0.6) is 0 Å². The largest absolute Gasteiger partial charge is 0.402 e. The molecule has 0 aliphatic carbocycles. The van der Waals surface area contributed by atoms with Gasteiger partial charge in [-0.25, -0.2) is 8.78 Å². The molecule has 1 rings (SSSR count). The minimum Gasteiger partial charge on any atom is -0.316 e. The second-order valence-electron chi connectivity index (χ2n) is 4.41. The summed E-state index contributed by atoms with van der Waals surface area (Å²) in [5.74, 6) is -6.18. The van der Waals surface area contributed by atoms with E-state index in [0.717, 1.165) is 13.1 Å². The molecule has 1 aromatic carbocycles. The lowest BCUT2D eigenvalue weighted by molar-refractivity contribution is -0.291. The number of likely N-dealkylation sites (N-methyl/N-ethyl adjacent to an activating group) is 1. The zero-order valence-corrected chi connectivity index (χ0v) is 10.6. The zero-order valence-electron chi connectivity index (χ0n) is 10.6. The highest BCUT2D eigenvalue weighted by molar-refractivity contribution is 5.19. The van der Waals surface area contributed by atoms with Crippen LogP contribution in [0.2, 0.25) is 0 Å². The van der Waals surface area contributed by atoms with Gasteiger partial charge in [0, 0.05) is 6.04 Å². The van der Waals surface area contributed by atoms with Crippen LogP contribution in [-0.4, -0.2) is 25.4 Å². The van der Waals surface area contributed by atoms with Gasteiger partial charge in [0.05, 0.1) is 0 Å². The van der Waals surface area contributed by atoms with E-state index in [0.29, 0.717) is 12.1 Å². The summed E-state index contributed by atoms with van der Waals surface area (Å²) in [4.78, 5) is 0. The van der Waals surface area contributed by atoms with Gasteiger partial charge in [-0.3, -0.25) is 0 Å². The number of halogens is 8. The number of rotatable bonds is 4. The van der Waals surface area contributed by atoms with Gasteiger partial charge in [-0.05, 0) is 31.2 Å². The van der Waals surface area contributed by atoms with Gasteiger partial charge in [0.2, 0.25) is 0 Å². The number of benzene rings is 1. The molecule has 0 saturated heterocycles. The molecule has 1 atom stereocenters. The number of nitrogens with one attached hydrogen (secondary N) is 1. The highest BCUT2D eigenvalue weighted by Gasteiger charge is 2.59. The predicted octanol–water partition coefficient (Wildman–Crippen LogP) is 3.84. The van der Waals surface area contributed by atoms with Crippen molar-refractivity contribution in [3.05, 3.63) is 35.4 Å². The van der Waals surface area contributed by atoms with E-state index in [-0.39, 0.29) is 5.56 Å². The molecule has 0 heterocycles. The maximum Gasteiger partial charge on any atom is 0.402 e. The SMILES string of the molecule is CNC(Cc1ccc(F)c(F)c1)C(C(F)(F)F)C(F)(F)F. The van der Waals surface area contributed by atoms with Crippen LogP contribution in [0.25, 0.3) is 0 Å².